The van der Waals surface area contributed by atoms with Crippen LogP contribution in [0.2, 0.25) is 0 Å². The lowest BCUT2D eigenvalue weighted by atomic mass is 10.0. The molecule has 5 nitrogen and oxygen atoms in total. The highest BCUT2D eigenvalue weighted by Gasteiger charge is 2.33. The van der Waals surface area contributed by atoms with Crippen LogP contribution in [0.25, 0.3) is 11.4 Å². The smallest absolute Gasteiger partial charge is 0.249 e. The zero-order valence-corrected chi connectivity index (χ0v) is 13.2. The second kappa shape index (κ2) is 5.91. The summed E-state index contributed by atoms with van der Waals surface area (Å²) in [6.07, 6.45) is 1.96. The van der Waals surface area contributed by atoms with E-state index in [1.54, 1.807) is 0 Å². The molecular formula is C17H21N3O2. The molecule has 1 aromatic carbocycles. The third-order valence-corrected chi connectivity index (χ3v) is 3.90. The summed E-state index contributed by atoms with van der Waals surface area (Å²) >= 11 is 0. The van der Waals surface area contributed by atoms with E-state index in [2.05, 4.69) is 15.5 Å². The summed E-state index contributed by atoms with van der Waals surface area (Å²) in [5.74, 6) is 1.48. The van der Waals surface area contributed by atoms with Crippen molar-refractivity contribution in [3.8, 4) is 11.4 Å². The standard InChI is InChI=1S/C17H21N3O2/c1-10(2)14(18-16(21)12-7-8-12)17-19-15(20-22-17)13-6-4-5-11(3)9-13/h4-6,9-10,12,14H,7-8H2,1-3H3,(H,18,21)/t14-/m1/s1. The Morgan fingerprint density at radius 1 is 1.36 bits per heavy atom. The maximum atomic E-state index is 12.0. The lowest BCUT2D eigenvalue weighted by molar-refractivity contribution is -0.123. The number of benzene rings is 1. The summed E-state index contributed by atoms with van der Waals surface area (Å²) in [6.45, 7) is 6.10. The molecule has 1 aromatic heterocycles. The second-order valence-electron chi connectivity index (χ2n) is 6.33. The molecule has 1 fully saturated rings. The molecular weight excluding hydrogens is 278 g/mol. The lowest BCUT2D eigenvalue weighted by Crippen LogP contribution is -2.33. The number of rotatable bonds is 5. The van der Waals surface area contributed by atoms with Crippen LogP contribution in [0.4, 0.5) is 0 Å². The highest BCUT2D eigenvalue weighted by molar-refractivity contribution is 5.81. The Hall–Kier alpha value is -2.17. The minimum absolute atomic E-state index is 0.0917. The van der Waals surface area contributed by atoms with Gasteiger partial charge >= 0.3 is 0 Å². The van der Waals surface area contributed by atoms with Crippen molar-refractivity contribution in [1.29, 1.82) is 0 Å². The summed E-state index contributed by atoms with van der Waals surface area (Å²) in [5.41, 5.74) is 2.07. The van der Waals surface area contributed by atoms with Gasteiger partial charge in [0.15, 0.2) is 0 Å². The molecule has 1 heterocycles. The molecule has 0 saturated heterocycles. The number of aryl methyl sites for hydroxylation is 1. The second-order valence-corrected chi connectivity index (χ2v) is 6.33. The van der Waals surface area contributed by atoms with E-state index in [4.69, 9.17) is 4.52 Å². The fourth-order valence-corrected chi connectivity index (χ4v) is 2.39. The zero-order chi connectivity index (χ0) is 15.7. The molecule has 0 radical (unpaired) electrons. The average molecular weight is 299 g/mol. The molecule has 2 aromatic rings. The largest absolute Gasteiger partial charge is 0.344 e. The minimum Gasteiger partial charge on any atom is -0.344 e. The highest BCUT2D eigenvalue weighted by atomic mass is 16.5. The van der Waals surface area contributed by atoms with Crippen LogP contribution in [0.15, 0.2) is 28.8 Å². The van der Waals surface area contributed by atoms with Crippen LogP contribution in [0.5, 0.6) is 0 Å². The van der Waals surface area contributed by atoms with E-state index in [-0.39, 0.29) is 23.8 Å². The zero-order valence-electron chi connectivity index (χ0n) is 13.2. The first-order valence-electron chi connectivity index (χ1n) is 7.75. The number of nitrogens with one attached hydrogen (secondary N) is 1. The van der Waals surface area contributed by atoms with Crippen molar-refractivity contribution in [3.63, 3.8) is 0 Å². The maximum absolute atomic E-state index is 12.0. The molecule has 116 valence electrons. The topological polar surface area (TPSA) is 68.0 Å². The molecule has 3 rings (SSSR count). The van der Waals surface area contributed by atoms with Gasteiger partial charge in [0, 0.05) is 11.5 Å². The SMILES string of the molecule is Cc1cccc(-c2noc([C@H](NC(=O)C3CC3)C(C)C)n2)c1. The van der Waals surface area contributed by atoms with Gasteiger partial charge < -0.3 is 9.84 Å². The van der Waals surface area contributed by atoms with Crippen LogP contribution in [0, 0.1) is 18.8 Å². The number of carbonyl (C=O) groups is 1. The molecule has 1 aliphatic rings. The minimum atomic E-state index is -0.237. The maximum Gasteiger partial charge on any atom is 0.249 e. The number of hydrogen-bond acceptors (Lipinski definition) is 4. The molecule has 0 aliphatic heterocycles. The van der Waals surface area contributed by atoms with Crippen LogP contribution < -0.4 is 5.32 Å². The third-order valence-electron chi connectivity index (χ3n) is 3.90. The first-order chi connectivity index (χ1) is 10.5. The monoisotopic (exact) mass is 299 g/mol. The Bertz CT molecular complexity index is 674. The summed E-state index contributed by atoms with van der Waals surface area (Å²) in [7, 11) is 0. The number of nitrogens with zero attached hydrogens (tertiary/aromatic N) is 2. The molecule has 1 saturated carbocycles. The van der Waals surface area contributed by atoms with Gasteiger partial charge in [-0.25, -0.2) is 0 Å². The number of aromatic nitrogens is 2. The van der Waals surface area contributed by atoms with Gasteiger partial charge in [0.1, 0.15) is 6.04 Å². The number of carbonyl (C=O) groups excluding carboxylic acids is 1. The first kappa shape index (κ1) is 14.8. The van der Waals surface area contributed by atoms with Crippen LogP contribution in [-0.2, 0) is 4.79 Å². The first-order valence-corrected chi connectivity index (χ1v) is 7.75. The summed E-state index contributed by atoms with van der Waals surface area (Å²) in [4.78, 5) is 16.5. The van der Waals surface area contributed by atoms with Crippen molar-refractivity contribution in [3.05, 3.63) is 35.7 Å². The van der Waals surface area contributed by atoms with E-state index < -0.39 is 0 Å². The van der Waals surface area contributed by atoms with E-state index in [1.165, 1.54) is 0 Å². The Morgan fingerprint density at radius 2 is 2.14 bits per heavy atom. The van der Waals surface area contributed by atoms with Crippen LogP contribution in [0.3, 0.4) is 0 Å². The number of hydrogen-bond donors (Lipinski definition) is 1. The Labute approximate surface area is 130 Å². The van der Waals surface area contributed by atoms with Crippen molar-refractivity contribution in [2.75, 3.05) is 0 Å². The van der Waals surface area contributed by atoms with Gasteiger partial charge in [-0.15, -0.1) is 0 Å². The molecule has 1 atom stereocenters. The fraction of sp³-hybridized carbons (Fsp3) is 0.471. The molecule has 0 unspecified atom stereocenters. The Kier molecular flexibility index (Phi) is 3.96. The van der Waals surface area contributed by atoms with E-state index in [1.807, 2.05) is 45.0 Å². The molecule has 0 bridgehead atoms. The van der Waals surface area contributed by atoms with E-state index in [0.29, 0.717) is 11.7 Å². The molecule has 22 heavy (non-hydrogen) atoms. The third kappa shape index (κ3) is 3.18. The molecule has 5 heteroatoms. The van der Waals surface area contributed by atoms with Gasteiger partial charge in [0.25, 0.3) is 0 Å². The van der Waals surface area contributed by atoms with E-state index in [9.17, 15) is 4.79 Å². The van der Waals surface area contributed by atoms with Crippen LogP contribution >= 0.6 is 0 Å². The summed E-state index contributed by atoms with van der Waals surface area (Å²) in [5, 5.41) is 7.10. The molecule has 1 aliphatic carbocycles. The van der Waals surface area contributed by atoms with Gasteiger partial charge in [-0.05, 0) is 31.7 Å². The van der Waals surface area contributed by atoms with Crippen molar-refractivity contribution >= 4 is 5.91 Å². The summed E-state index contributed by atoms with van der Waals surface area (Å²) < 4.78 is 5.41. The van der Waals surface area contributed by atoms with Gasteiger partial charge in [0.05, 0.1) is 0 Å². The quantitative estimate of drug-likeness (QED) is 0.920. The van der Waals surface area contributed by atoms with E-state index in [0.717, 1.165) is 24.0 Å². The lowest BCUT2D eigenvalue weighted by Gasteiger charge is -2.18. The van der Waals surface area contributed by atoms with Gasteiger partial charge in [-0.2, -0.15) is 4.98 Å². The number of amides is 1. The van der Waals surface area contributed by atoms with Crippen LogP contribution in [0.1, 0.15) is 44.2 Å². The van der Waals surface area contributed by atoms with Crippen molar-refractivity contribution in [2.24, 2.45) is 11.8 Å². The average Bonchev–Trinajstić information content (AvgIpc) is 3.22. The molecule has 1 amide bonds. The van der Waals surface area contributed by atoms with Crippen molar-refractivity contribution in [1.82, 2.24) is 15.5 Å². The molecule has 0 spiro atoms. The van der Waals surface area contributed by atoms with Gasteiger partial charge in [0.2, 0.25) is 17.6 Å². The van der Waals surface area contributed by atoms with Gasteiger partial charge in [-0.1, -0.05) is 42.8 Å². The van der Waals surface area contributed by atoms with Crippen LogP contribution in [-0.4, -0.2) is 16.0 Å². The van der Waals surface area contributed by atoms with E-state index >= 15 is 0 Å². The van der Waals surface area contributed by atoms with Gasteiger partial charge in [-0.3, -0.25) is 4.79 Å². The Balaban J connectivity index is 1.81. The normalized spacial score (nSPS) is 15.8. The fourth-order valence-electron chi connectivity index (χ4n) is 2.39. The summed E-state index contributed by atoms with van der Waals surface area (Å²) in [6, 6.07) is 7.72. The predicted octanol–water partition coefficient (Wildman–Crippen LogP) is 3.27. The highest BCUT2D eigenvalue weighted by Crippen LogP contribution is 2.31. The molecule has 1 N–H and O–H groups in total. The predicted molar refractivity (Wildman–Crippen MR) is 82.9 cm³/mol. The van der Waals surface area contributed by atoms with Crippen molar-refractivity contribution in [2.45, 2.75) is 39.7 Å². The van der Waals surface area contributed by atoms with Crippen molar-refractivity contribution < 1.29 is 9.32 Å². The Morgan fingerprint density at radius 3 is 2.77 bits per heavy atom.